The standard InChI is InChI=1S/C16H18FNO/c1-11-4-3-5-12(2)15(11)10-19-16-7-6-14(17)8-13(16)9-18/h3-8H,9-10,18H2,1-2H3. The molecular formula is C16H18FNO. The molecule has 0 saturated heterocycles. The number of nitrogens with two attached hydrogens (primary N) is 1. The minimum atomic E-state index is -0.292. The van der Waals surface area contributed by atoms with Crippen molar-refractivity contribution in [2.24, 2.45) is 5.73 Å². The van der Waals surface area contributed by atoms with Crippen LogP contribution in [0.15, 0.2) is 36.4 Å². The zero-order valence-corrected chi connectivity index (χ0v) is 11.2. The summed E-state index contributed by atoms with van der Waals surface area (Å²) in [6.07, 6.45) is 0. The molecule has 0 saturated carbocycles. The largest absolute Gasteiger partial charge is 0.489 e. The van der Waals surface area contributed by atoms with Gasteiger partial charge in [-0.1, -0.05) is 18.2 Å². The summed E-state index contributed by atoms with van der Waals surface area (Å²) in [5, 5.41) is 0. The Balaban J connectivity index is 2.19. The zero-order valence-electron chi connectivity index (χ0n) is 11.2. The maximum absolute atomic E-state index is 13.1. The van der Waals surface area contributed by atoms with Crippen LogP contribution in [0.3, 0.4) is 0 Å². The molecule has 3 heteroatoms. The fourth-order valence-corrected chi connectivity index (χ4v) is 2.07. The van der Waals surface area contributed by atoms with Crippen LogP contribution in [0, 0.1) is 19.7 Å². The second-order valence-corrected chi connectivity index (χ2v) is 4.62. The minimum absolute atomic E-state index is 0.264. The van der Waals surface area contributed by atoms with Crippen LogP contribution in [0.25, 0.3) is 0 Å². The van der Waals surface area contributed by atoms with Crippen molar-refractivity contribution < 1.29 is 9.13 Å². The van der Waals surface area contributed by atoms with Crippen molar-refractivity contribution in [2.45, 2.75) is 27.0 Å². The molecule has 0 amide bonds. The first-order chi connectivity index (χ1) is 9.11. The van der Waals surface area contributed by atoms with E-state index >= 15 is 0 Å². The summed E-state index contributed by atoms with van der Waals surface area (Å²) in [6.45, 7) is 4.84. The Morgan fingerprint density at radius 3 is 2.42 bits per heavy atom. The van der Waals surface area contributed by atoms with Crippen molar-refractivity contribution in [3.05, 3.63) is 64.5 Å². The van der Waals surface area contributed by atoms with Gasteiger partial charge in [0, 0.05) is 12.1 Å². The summed E-state index contributed by atoms with van der Waals surface area (Å²) in [5.41, 5.74) is 9.83. The predicted molar refractivity (Wildman–Crippen MR) is 74.5 cm³/mol. The second kappa shape index (κ2) is 5.85. The molecule has 0 aliphatic heterocycles. The average molecular weight is 259 g/mol. The molecular weight excluding hydrogens is 241 g/mol. The first-order valence-corrected chi connectivity index (χ1v) is 6.28. The molecule has 2 aromatic rings. The monoisotopic (exact) mass is 259 g/mol. The van der Waals surface area contributed by atoms with E-state index in [1.165, 1.54) is 23.3 Å². The Morgan fingerprint density at radius 1 is 1.11 bits per heavy atom. The van der Waals surface area contributed by atoms with Gasteiger partial charge in [0.2, 0.25) is 0 Å². The third-order valence-electron chi connectivity index (χ3n) is 3.26. The lowest BCUT2D eigenvalue weighted by Gasteiger charge is -2.13. The smallest absolute Gasteiger partial charge is 0.124 e. The lowest BCUT2D eigenvalue weighted by molar-refractivity contribution is 0.301. The molecule has 0 unspecified atom stereocenters. The van der Waals surface area contributed by atoms with Gasteiger partial charge in [0.15, 0.2) is 0 Å². The van der Waals surface area contributed by atoms with Crippen LogP contribution >= 0.6 is 0 Å². The van der Waals surface area contributed by atoms with Gasteiger partial charge in [0.1, 0.15) is 18.2 Å². The van der Waals surface area contributed by atoms with E-state index in [4.69, 9.17) is 10.5 Å². The molecule has 0 aromatic heterocycles. The Labute approximate surface area is 113 Å². The third-order valence-corrected chi connectivity index (χ3v) is 3.26. The fourth-order valence-electron chi connectivity index (χ4n) is 2.07. The van der Waals surface area contributed by atoms with Crippen molar-refractivity contribution in [1.82, 2.24) is 0 Å². The number of aryl methyl sites for hydroxylation is 2. The average Bonchev–Trinajstić information content (AvgIpc) is 2.39. The molecule has 2 N–H and O–H groups in total. The van der Waals surface area contributed by atoms with E-state index in [0.29, 0.717) is 17.9 Å². The van der Waals surface area contributed by atoms with E-state index in [2.05, 4.69) is 26.0 Å². The highest BCUT2D eigenvalue weighted by atomic mass is 19.1. The summed E-state index contributed by atoms with van der Waals surface area (Å²) in [4.78, 5) is 0. The third kappa shape index (κ3) is 3.12. The van der Waals surface area contributed by atoms with Crippen molar-refractivity contribution in [3.63, 3.8) is 0 Å². The highest BCUT2D eigenvalue weighted by molar-refractivity contribution is 5.36. The van der Waals surface area contributed by atoms with E-state index in [9.17, 15) is 4.39 Å². The van der Waals surface area contributed by atoms with Gasteiger partial charge >= 0.3 is 0 Å². The lowest BCUT2D eigenvalue weighted by Crippen LogP contribution is -2.05. The Kier molecular flexibility index (Phi) is 4.17. The van der Waals surface area contributed by atoms with Crippen LogP contribution < -0.4 is 10.5 Å². The molecule has 0 radical (unpaired) electrons. The van der Waals surface area contributed by atoms with E-state index in [-0.39, 0.29) is 12.4 Å². The number of hydrogen-bond acceptors (Lipinski definition) is 2. The van der Waals surface area contributed by atoms with E-state index in [0.717, 1.165) is 5.56 Å². The van der Waals surface area contributed by atoms with Crippen LogP contribution in [0.1, 0.15) is 22.3 Å². The predicted octanol–water partition coefficient (Wildman–Crippen LogP) is 3.48. The Bertz CT molecular complexity index is 561. The number of halogens is 1. The maximum Gasteiger partial charge on any atom is 0.124 e. The summed E-state index contributed by atoms with van der Waals surface area (Å²) < 4.78 is 18.9. The molecule has 0 bridgehead atoms. The van der Waals surface area contributed by atoms with Crippen molar-refractivity contribution in [2.75, 3.05) is 0 Å². The molecule has 100 valence electrons. The SMILES string of the molecule is Cc1cccc(C)c1COc1ccc(F)cc1CN. The molecule has 0 atom stereocenters. The second-order valence-electron chi connectivity index (χ2n) is 4.62. The summed E-state index contributed by atoms with van der Waals surface area (Å²) >= 11 is 0. The van der Waals surface area contributed by atoms with Gasteiger partial charge in [0.05, 0.1) is 0 Å². The molecule has 2 rings (SSSR count). The van der Waals surface area contributed by atoms with Gasteiger partial charge in [-0.15, -0.1) is 0 Å². The van der Waals surface area contributed by atoms with Gasteiger partial charge in [-0.2, -0.15) is 0 Å². The van der Waals surface area contributed by atoms with E-state index in [1.54, 1.807) is 6.07 Å². The van der Waals surface area contributed by atoms with Crippen LogP contribution in [-0.4, -0.2) is 0 Å². The summed E-state index contributed by atoms with van der Waals surface area (Å²) in [6, 6.07) is 10.6. The first kappa shape index (κ1) is 13.6. The summed E-state index contributed by atoms with van der Waals surface area (Å²) in [7, 11) is 0. The van der Waals surface area contributed by atoms with Crippen LogP contribution in [0.5, 0.6) is 5.75 Å². The van der Waals surface area contributed by atoms with Crippen molar-refractivity contribution in [3.8, 4) is 5.75 Å². The molecule has 2 nitrogen and oxygen atoms in total. The maximum atomic E-state index is 13.1. The van der Waals surface area contributed by atoms with Gasteiger partial charge in [-0.25, -0.2) is 4.39 Å². The number of rotatable bonds is 4. The fraction of sp³-hybridized carbons (Fsp3) is 0.250. The normalized spacial score (nSPS) is 10.5. The van der Waals surface area contributed by atoms with Gasteiger partial charge < -0.3 is 10.5 Å². The van der Waals surface area contributed by atoms with E-state index < -0.39 is 0 Å². The topological polar surface area (TPSA) is 35.2 Å². The zero-order chi connectivity index (χ0) is 13.8. The quantitative estimate of drug-likeness (QED) is 0.912. The molecule has 0 fully saturated rings. The van der Waals surface area contributed by atoms with Gasteiger partial charge in [-0.3, -0.25) is 0 Å². The van der Waals surface area contributed by atoms with Crippen LogP contribution in [-0.2, 0) is 13.2 Å². The number of hydrogen-bond donors (Lipinski definition) is 1. The Morgan fingerprint density at radius 2 is 1.79 bits per heavy atom. The molecule has 0 heterocycles. The molecule has 19 heavy (non-hydrogen) atoms. The lowest BCUT2D eigenvalue weighted by atomic mass is 10.0. The molecule has 0 aliphatic carbocycles. The van der Waals surface area contributed by atoms with Crippen molar-refractivity contribution in [1.29, 1.82) is 0 Å². The first-order valence-electron chi connectivity index (χ1n) is 6.28. The number of ether oxygens (including phenoxy) is 1. The van der Waals surface area contributed by atoms with Gasteiger partial charge in [0.25, 0.3) is 0 Å². The Hall–Kier alpha value is -1.87. The summed E-state index contributed by atoms with van der Waals surface area (Å²) in [5.74, 6) is 0.353. The molecule has 0 spiro atoms. The highest BCUT2D eigenvalue weighted by Gasteiger charge is 2.07. The minimum Gasteiger partial charge on any atom is -0.489 e. The van der Waals surface area contributed by atoms with E-state index in [1.807, 2.05) is 6.07 Å². The number of benzene rings is 2. The van der Waals surface area contributed by atoms with Crippen LogP contribution in [0.2, 0.25) is 0 Å². The van der Waals surface area contributed by atoms with Crippen LogP contribution in [0.4, 0.5) is 4.39 Å². The van der Waals surface area contributed by atoms with Gasteiger partial charge in [-0.05, 0) is 48.7 Å². The van der Waals surface area contributed by atoms with Crippen molar-refractivity contribution >= 4 is 0 Å². The molecule has 0 aliphatic rings. The molecule has 2 aromatic carbocycles. The highest BCUT2D eigenvalue weighted by Crippen LogP contribution is 2.22.